The molecule has 0 aliphatic heterocycles. The van der Waals surface area contributed by atoms with Crippen LogP contribution in [0.3, 0.4) is 0 Å². The van der Waals surface area contributed by atoms with Crippen molar-refractivity contribution in [3.63, 3.8) is 0 Å². The molecule has 2 nitrogen and oxygen atoms in total. The molecule has 0 saturated carbocycles. The molecule has 0 amide bonds. The third-order valence-corrected chi connectivity index (χ3v) is 2.40. The minimum atomic E-state index is -4.96. The fraction of sp³-hybridized carbons (Fsp3) is 0.222. The van der Waals surface area contributed by atoms with Crippen LogP contribution >= 0.6 is 15.9 Å². The Bertz CT molecular complexity index is 428. The second-order valence-electron chi connectivity index (χ2n) is 2.77. The van der Waals surface area contributed by atoms with Crippen molar-refractivity contribution in [2.45, 2.75) is 6.18 Å². The molecule has 0 aliphatic rings. The molecule has 88 valence electrons. The maximum Gasteiger partial charge on any atom is 0.420 e. The lowest BCUT2D eigenvalue weighted by atomic mass is 10.1. The Labute approximate surface area is 96.3 Å². The molecule has 0 radical (unpaired) electrons. The van der Waals surface area contributed by atoms with Gasteiger partial charge in [0.2, 0.25) is 0 Å². The Morgan fingerprint density at radius 2 is 1.94 bits per heavy atom. The third kappa shape index (κ3) is 2.34. The molecule has 0 aliphatic carbocycles. The summed E-state index contributed by atoms with van der Waals surface area (Å²) in [5.74, 6) is -2.77. The van der Waals surface area contributed by atoms with Gasteiger partial charge in [-0.15, -0.1) is 0 Å². The maximum absolute atomic E-state index is 13.3. The predicted molar refractivity (Wildman–Crippen MR) is 50.4 cm³/mol. The number of carbonyl (C=O) groups is 1. The average molecular weight is 301 g/mol. The van der Waals surface area contributed by atoms with Gasteiger partial charge in [0.05, 0.1) is 17.1 Å². The fourth-order valence-electron chi connectivity index (χ4n) is 1.11. The Balaban J connectivity index is 3.52. The van der Waals surface area contributed by atoms with Crippen LogP contribution in [-0.2, 0) is 10.9 Å². The highest BCUT2D eigenvalue weighted by Crippen LogP contribution is 2.36. The van der Waals surface area contributed by atoms with E-state index in [2.05, 4.69) is 20.7 Å². The summed E-state index contributed by atoms with van der Waals surface area (Å²) in [6.07, 6.45) is -4.96. The molecule has 0 N–H and O–H groups in total. The largest absolute Gasteiger partial charge is 0.465 e. The van der Waals surface area contributed by atoms with Crippen LogP contribution < -0.4 is 0 Å². The number of rotatable bonds is 1. The summed E-state index contributed by atoms with van der Waals surface area (Å²) in [4.78, 5) is 11.0. The van der Waals surface area contributed by atoms with E-state index in [-0.39, 0.29) is 4.47 Å². The number of hydrogen-bond donors (Lipinski definition) is 0. The van der Waals surface area contributed by atoms with Crippen molar-refractivity contribution in [2.24, 2.45) is 0 Å². The smallest absolute Gasteiger partial charge is 0.420 e. The highest BCUT2D eigenvalue weighted by Gasteiger charge is 2.39. The topological polar surface area (TPSA) is 26.3 Å². The summed E-state index contributed by atoms with van der Waals surface area (Å²) in [6, 6.07) is 1.86. The van der Waals surface area contributed by atoms with Gasteiger partial charge in [-0.25, -0.2) is 9.18 Å². The molecule has 0 fully saturated rings. The molecule has 0 atom stereocenters. The highest BCUT2D eigenvalue weighted by atomic mass is 79.9. The van der Waals surface area contributed by atoms with E-state index in [9.17, 15) is 22.4 Å². The molecule has 16 heavy (non-hydrogen) atoms. The van der Waals surface area contributed by atoms with Crippen LogP contribution in [0.2, 0.25) is 0 Å². The van der Waals surface area contributed by atoms with E-state index in [4.69, 9.17) is 0 Å². The van der Waals surface area contributed by atoms with Crippen molar-refractivity contribution in [1.82, 2.24) is 0 Å². The fourth-order valence-corrected chi connectivity index (χ4v) is 1.44. The molecule has 7 heteroatoms. The Morgan fingerprint density at radius 3 is 2.38 bits per heavy atom. The van der Waals surface area contributed by atoms with E-state index in [0.29, 0.717) is 0 Å². The molecular weight excluding hydrogens is 296 g/mol. The zero-order valence-corrected chi connectivity index (χ0v) is 9.45. The molecule has 0 unspecified atom stereocenters. The molecule has 0 aromatic heterocycles. The van der Waals surface area contributed by atoms with E-state index < -0.39 is 29.1 Å². The van der Waals surface area contributed by atoms with Crippen LogP contribution in [0.5, 0.6) is 0 Å². The van der Waals surface area contributed by atoms with Crippen LogP contribution in [0, 0.1) is 5.82 Å². The first-order chi connectivity index (χ1) is 7.29. The minimum Gasteiger partial charge on any atom is -0.465 e. The van der Waals surface area contributed by atoms with Gasteiger partial charge in [0.1, 0.15) is 11.4 Å². The molecule has 0 spiro atoms. The van der Waals surface area contributed by atoms with Crippen molar-refractivity contribution < 1.29 is 27.1 Å². The predicted octanol–water partition coefficient (Wildman–Crippen LogP) is 3.39. The molecular formula is C9H5BrF4O2. The van der Waals surface area contributed by atoms with Crippen molar-refractivity contribution >= 4 is 21.9 Å². The van der Waals surface area contributed by atoms with Crippen LogP contribution in [0.25, 0.3) is 0 Å². The molecule has 1 rings (SSSR count). The van der Waals surface area contributed by atoms with Gasteiger partial charge in [-0.2, -0.15) is 13.2 Å². The van der Waals surface area contributed by atoms with Gasteiger partial charge in [-0.1, -0.05) is 0 Å². The Morgan fingerprint density at radius 1 is 1.38 bits per heavy atom. The van der Waals surface area contributed by atoms with Crippen LogP contribution in [0.15, 0.2) is 16.6 Å². The summed E-state index contributed by atoms with van der Waals surface area (Å²) >= 11 is 2.62. The van der Waals surface area contributed by atoms with Gasteiger partial charge in [0.25, 0.3) is 0 Å². The highest BCUT2D eigenvalue weighted by molar-refractivity contribution is 9.10. The van der Waals surface area contributed by atoms with Crippen molar-refractivity contribution in [2.75, 3.05) is 7.11 Å². The van der Waals surface area contributed by atoms with Crippen LogP contribution in [0.4, 0.5) is 17.6 Å². The molecule has 1 aromatic carbocycles. The molecule has 0 heterocycles. The van der Waals surface area contributed by atoms with Crippen LogP contribution in [-0.4, -0.2) is 13.1 Å². The van der Waals surface area contributed by atoms with Gasteiger partial charge in [-0.3, -0.25) is 0 Å². The lowest BCUT2D eigenvalue weighted by Crippen LogP contribution is -2.16. The first kappa shape index (κ1) is 13.0. The standard InChI is InChI=1S/C9H5BrF4O2/c1-16-8(15)4-2-3-5(10)7(11)6(4)9(12,13)14/h2-3H,1H3. The van der Waals surface area contributed by atoms with E-state index in [1.165, 1.54) is 0 Å². The second kappa shape index (κ2) is 4.40. The summed E-state index contributed by atoms with van der Waals surface area (Å²) in [5, 5.41) is 0. The Kier molecular flexibility index (Phi) is 3.57. The average Bonchev–Trinajstić information content (AvgIpc) is 2.18. The number of carbonyl (C=O) groups excluding carboxylic acids is 1. The Hall–Kier alpha value is -1.11. The van der Waals surface area contributed by atoms with Gasteiger partial charge in [-0.05, 0) is 28.1 Å². The zero-order valence-electron chi connectivity index (χ0n) is 7.86. The quantitative estimate of drug-likeness (QED) is 0.587. The lowest BCUT2D eigenvalue weighted by Gasteiger charge is -2.13. The number of ether oxygens (including phenoxy) is 1. The van der Waals surface area contributed by atoms with Crippen molar-refractivity contribution in [3.8, 4) is 0 Å². The SMILES string of the molecule is COC(=O)c1ccc(Br)c(F)c1C(F)(F)F. The first-order valence-corrected chi connectivity index (χ1v) is 4.72. The minimum absolute atomic E-state index is 0.368. The summed E-state index contributed by atoms with van der Waals surface area (Å²) in [6.45, 7) is 0. The van der Waals surface area contributed by atoms with E-state index >= 15 is 0 Å². The zero-order chi connectivity index (χ0) is 12.5. The van der Waals surface area contributed by atoms with E-state index in [1.807, 2.05) is 0 Å². The lowest BCUT2D eigenvalue weighted by molar-refractivity contribution is -0.140. The monoisotopic (exact) mass is 300 g/mol. The maximum atomic E-state index is 13.3. The normalized spacial score (nSPS) is 11.4. The van der Waals surface area contributed by atoms with Crippen LogP contribution in [0.1, 0.15) is 15.9 Å². The number of alkyl halides is 3. The third-order valence-electron chi connectivity index (χ3n) is 1.78. The van der Waals surface area contributed by atoms with Crippen molar-refractivity contribution in [3.05, 3.63) is 33.5 Å². The number of esters is 1. The van der Waals surface area contributed by atoms with E-state index in [0.717, 1.165) is 19.2 Å². The summed E-state index contributed by atoms with van der Waals surface area (Å²) in [5.41, 5.74) is -2.48. The molecule has 1 aromatic rings. The van der Waals surface area contributed by atoms with Gasteiger partial charge >= 0.3 is 12.1 Å². The molecule has 0 saturated heterocycles. The molecule has 0 bridgehead atoms. The van der Waals surface area contributed by atoms with Gasteiger partial charge in [0, 0.05) is 0 Å². The number of benzene rings is 1. The van der Waals surface area contributed by atoms with E-state index in [1.54, 1.807) is 0 Å². The number of halogens is 5. The van der Waals surface area contributed by atoms with Crippen molar-refractivity contribution in [1.29, 1.82) is 0 Å². The summed E-state index contributed by atoms with van der Waals surface area (Å²) < 4.78 is 54.6. The van der Waals surface area contributed by atoms with Gasteiger partial charge < -0.3 is 4.74 Å². The number of methoxy groups -OCH3 is 1. The first-order valence-electron chi connectivity index (χ1n) is 3.92. The number of hydrogen-bond acceptors (Lipinski definition) is 2. The second-order valence-corrected chi connectivity index (χ2v) is 3.63. The summed E-state index contributed by atoms with van der Waals surface area (Å²) in [7, 11) is 0.919. The van der Waals surface area contributed by atoms with Gasteiger partial charge in [0.15, 0.2) is 0 Å².